The van der Waals surface area contributed by atoms with Gasteiger partial charge in [-0.2, -0.15) is 0 Å². The highest BCUT2D eigenvalue weighted by atomic mass is 16.5. The van der Waals surface area contributed by atoms with Gasteiger partial charge in [0, 0.05) is 18.1 Å². The van der Waals surface area contributed by atoms with Crippen LogP contribution in [0.1, 0.15) is 17.2 Å². The van der Waals surface area contributed by atoms with Crippen LogP contribution in [0.4, 0.5) is 0 Å². The minimum Gasteiger partial charge on any atom is -0.508 e. The summed E-state index contributed by atoms with van der Waals surface area (Å²) < 4.78 is 5.61. The lowest BCUT2D eigenvalue weighted by molar-refractivity contribution is 0.0188. The lowest BCUT2D eigenvalue weighted by Crippen LogP contribution is -2.30. The van der Waals surface area contributed by atoms with Gasteiger partial charge in [0.2, 0.25) is 0 Å². The van der Waals surface area contributed by atoms with Gasteiger partial charge in [-0.1, -0.05) is 6.07 Å². The number of aliphatic hydroxyl groups is 1. The number of hydrogen-bond donors (Lipinski definition) is 5. The number of phenolic OH excluding ortho intramolecular Hbond substituents is 4. The van der Waals surface area contributed by atoms with Gasteiger partial charge in [0.1, 0.15) is 5.75 Å². The third kappa shape index (κ3) is 2.30. The highest BCUT2D eigenvalue weighted by Gasteiger charge is 2.32. The molecule has 2 atom stereocenters. The van der Waals surface area contributed by atoms with Crippen molar-refractivity contribution in [2.45, 2.75) is 18.6 Å². The first-order chi connectivity index (χ1) is 9.95. The molecular weight excluding hydrogens is 276 g/mol. The number of rotatable bonds is 1. The monoisotopic (exact) mass is 290 g/mol. The van der Waals surface area contributed by atoms with Crippen LogP contribution in [0.5, 0.6) is 28.7 Å². The molecular formula is C15H14O6. The Morgan fingerprint density at radius 1 is 0.905 bits per heavy atom. The van der Waals surface area contributed by atoms with Crippen LogP contribution in [0, 0.1) is 0 Å². The van der Waals surface area contributed by atoms with Crippen molar-refractivity contribution in [3.63, 3.8) is 0 Å². The van der Waals surface area contributed by atoms with E-state index in [1.54, 1.807) is 0 Å². The zero-order chi connectivity index (χ0) is 15.1. The zero-order valence-corrected chi connectivity index (χ0v) is 10.9. The first-order valence-corrected chi connectivity index (χ1v) is 6.37. The maximum Gasteiger partial charge on any atom is 0.165 e. The van der Waals surface area contributed by atoms with E-state index in [0.29, 0.717) is 11.1 Å². The number of ether oxygens (including phenoxy) is 1. The summed E-state index contributed by atoms with van der Waals surface area (Å²) >= 11 is 0. The molecule has 0 spiro atoms. The molecule has 0 aromatic heterocycles. The normalized spacial score (nSPS) is 20.6. The van der Waals surface area contributed by atoms with Crippen molar-refractivity contribution in [1.82, 2.24) is 0 Å². The Kier molecular flexibility index (Phi) is 3.03. The van der Waals surface area contributed by atoms with Gasteiger partial charge >= 0.3 is 0 Å². The van der Waals surface area contributed by atoms with Gasteiger partial charge in [-0.25, -0.2) is 0 Å². The average Bonchev–Trinajstić information content (AvgIpc) is 2.41. The van der Waals surface area contributed by atoms with E-state index in [0.717, 1.165) is 6.07 Å². The summed E-state index contributed by atoms with van der Waals surface area (Å²) in [4.78, 5) is 0. The van der Waals surface area contributed by atoms with E-state index in [1.807, 2.05) is 0 Å². The van der Waals surface area contributed by atoms with Crippen molar-refractivity contribution in [2.24, 2.45) is 0 Å². The molecule has 0 saturated carbocycles. The van der Waals surface area contributed by atoms with Crippen molar-refractivity contribution >= 4 is 0 Å². The predicted molar refractivity (Wildman–Crippen MR) is 72.6 cm³/mol. The number of phenols is 4. The molecule has 0 fully saturated rings. The number of benzene rings is 2. The van der Waals surface area contributed by atoms with E-state index in [2.05, 4.69) is 0 Å². The highest BCUT2D eigenvalue weighted by molar-refractivity contribution is 5.53. The summed E-state index contributed by atoms with van der Waals surface area (Å²) in [6.07, 6.45) is -1.52. The molecule has 110 valence electrons. The Morgan fingerprint density at radius 3 is 2.38 bits per heavy atom. The van der Waals surface area contributed by atoms with Gasteiger partial charge in [0.25, 0.3) is 0 Å². The maximum atomic E-state index is 10.2. The first-order valence-electron chi connectivity index (χ1n) is 6.37. The molecule has 0 saturated heterocycles. The molecule has 1 aliphatic heterocycles. The van der Waals surface area contributed by atoms with Crippen molar-refractivity contribution in [2.75, 3.05) is 0 Å². The number of aliphatic hydroxyl groups excluding tert-OH is 1. The van der Waals surface area contributed by atoms with E-state index < -0.39 is 12.2 Å². The maximum absolute atomic E-state index is 10.2. The summed E-state index contributed by atoms with van der Waals surface area (Å²) in [6, 6.07) is 6.69. The van der Waals surface area contributed by atoms with Gasteiger partial charge in [-0.05, 0) is 23.8 Å². The molecule has 6 heteroatoms. The molecule has 21 heavy (non-hydrogen) atoms. The van der Waals surface area contributed by atoms with E-state index in [9.17, 15) is 25.5 Å². The van der Waals surface area contributed by atoms with Crippen LogP contribution in [0.2, 0.25) is 0 Å². The molecule has 2 aromatic rings. The second-order valence-corrected chi connectivity index (χ2v) is 5.01. The van der Waals surface area contributed by atoms with Crippen molar-refractivity contribution in [3.05, 3.63) is 41.5 Å². The fraction of sp³-hybridized carbons (Fsp3) is 0.200. The van der Waals surface area contributed by atoms with Gasteiger partial charge < -0.3 is 30.3 Å². The molecule has 0 radical (unpaired) electrons. The minimum absolute atomic E-state index is 0.109. The van der Waals surface area contributed by atoms with Crippen LogP contribution in [0.15, 0.2) is 30.3 Å². The fourth-order valence-corrected chi connectivity index (χ4v) is 2.49. The van der Waals surface area contributed by atoms with Gasteiger partial charge in [0.15, 0.2) is 29.1 Å². The Balaban J connectivity index is 2.00. The van der Waals surface area contributed by atoms with Crippen molar-refractivity contribution < 1.29 is 30.3 Å². The number of hydrogen-bond acceptors (Lipinski definition) is 6. The minimum atomic E-state index is -0.914. The van der Waals surface area contributed by atoms with E-state index in [4.69, 9.17) is 4.74 Å². The predicted octanol–water partition coefficient (Wildman–Crippen LogP) is 1.55. The molecule has 1 aliphatic rings. The van der Waals surface area contributed by atoms with E-state index in [-0.39, 0.29) is 35.2 Å². The molecule has 0 bridgehead atoms. The largest absolute Gasteiger partial charge is 0.508 e. The van der Waals surface area contributed by atoms with Crippen LogP contribution < -0.4 is 4.74 Å². The van der Waals surface area contributed by atoms with Crippen molar-refractivity contribution in [1.29, 1.82) is 0 Å². The molecule has 0 unspecified atom stereocenters. The molecule has 0 amide bonds. The third-order valence-electron chi connectivity index (χ3n) is 3.48. The Hall–Kier alpha value is -2.60. The molecule has 0 aliphatic carbocycles. The second kappa shape index (κ2) is 4.75. The molecule has 1 heterocycles. The third-order valence-corrected chi connectivity index (χ3v) is 3.48. The average molecular weight is 290 g/mol. The van der Waals surface area contributed by atoms with Crippen LogP contribution >= 0.6 is 0 Å². The quantitative estimate of drug-likeness (QED) is 0.510. The summed E-state index contributed by atoms with van der Waals surface area (Å²) in [5.41, 5.74) is 0.968. The van der Waals surface area contributed by atoms with Gasteiger partial charge in [-0.15, -0.1) is 0 Å². The van der Waals surface area contributed by atoms with Gasteiger partial charge in [-0.3, -0.25) is 0 Å². The lowest BCUT2D eigenvalue weighted by atomic mass is 9.94. The molecule has 6 nitrogen and oxygen atoms in total. The molecule has 3 rings (SSSR count). The molecule has 2 aromatic carbocycles. The fourth-order valence-electron chi connectivity index (χ4n) is 2.49. The van der Waals surface area contributed by atoms with Crippen LogP contribution in [-0.2, 0) is 6.42 Å². The summed E-state index contributed by atoms with van der Waals surface area (Å²) in [5, 5.41) is 48.3. The lowest BCUT2D eigenvalue weighted by Gasteiger charge is -2.31. The second-order valence-electron chi connectivity index (χ2n) is 5.01. The van der Waals surface area contributed by atoms with E-state index >= 15 is 0 Å². The summed E-state index contributed by atoms with van der Waals surface area (Å²) in [7, 11) is 0. The smallest absolute Gasteiger partial charge is 0.165 e. The van der Waals surface area contributed by atoms with Crippen LogP contribution in [-0.4, -0.2) is 31.6 Å². The Morgan fingerprint density at radius 2 is 1.67 bits per heavy atom. The Labute approximate surface area is 120 Å². The van der Waals surface area contributed by atoms with E-state index in [1.165, 1.54) is 24.3 Å². The topological polar surface area (TPSA) is 110 Å². The van der Waals surface area contributed by atoms with Gasteiger partial charge in [0.05, 0.1) is 6.10 Å². The Bertz CT molecular complexity index is 697. The summed E-state index contributed by atoms with van der Waals surface area (Å²) in [5.74, 6) is -0.718. The zero-order valence-electron chi connectivity index (χ0n) is 10.9. The number of aromatic hydroxyl groups is 4. The first kappa shape index (κ1) is 13.4. The van der Waals surface area contributed by atoms with Crippen LogP contribution in [0.3, 0.4) is 0 Å². The molecule has 5 N–H and O–H groups in total. The van der Waals surface area contributed by atoms with Crippen molar-refractivity contribution in [3.8, 4) is 28.7 Å². The standard InChI is InChI=1S/C15H14O6/c16-9-3-8-5-12(19)14(21-15(8)13(20)6-9)7-1-2-10(17)11(18)4-7/h1-4,6,12,14,16-20H,5H2/t12-,14+/m0/s1. The number of fused-ring (bicyclic) bond motifs is 1. The summed E-state index contributed by atoms with van der Waals surface area (Å²) in [6.45, 7) is 0. The SMILES string of the molecule is Oc1cc(O)c2c(c1)C[C@H](O)[C@@H](c1ccc(O)c(O)c1)O2. The van der Waals surface area contributed by atoms with Crippen LogP contribution in [0.25, 0.3) is 0 Å². The highest BCUT2D eigenvalue weighted by Crippen LogP contribution is 2.43.